The molecule has 1 amide bonds. The van der Waals surface area contributed by atoms with E-state index in [1.54, 1.807) is 24.3 Å². The van der Waals surface area contributed by atoms with Crippen molar-refractivity contribution in [2.24, 2.45) is 5.73 Å². The molecule has 0 aliphatic carbocycles. The molecule has 5 heteroatoms. The van der Waals surface area contributed by atoms with Crippen molar-refractivity contribution < 1.29 is 9.59 Å². The Kier molecular flexibility index (Phi) is 5.25. The third kappa shape index (κ3) is 4.24. The van der Waals surface area contributed by atoms with Crippen molar-refractivity contribution in [3.05, 3.63) is 42.0 Å². The summed E-state index contributed by atoms with van der Waals surface area (Å²) in [6.45, 7) is 3.15. The Morgan fingerprint density at radius 2 is 2.24 bits per heavy atom. The van der Waals surface area contributed by atoms with Crippen LogP contribution in [0.5, 0.6) is 0 Å². The molecule has 0 bridgehead atoms. The average molecular weight is 287 g/mol. The van der Waals surface area contributed by atoms with Crippen LogP contribution in [-0.2, 0) is 4.79 Å². The van der Waals surface area contributed by atoms with Gasteiger partial charge in [0.15, 0.2) is 5.78 Å². The Balaban J connectivity index is 1.97. The SMILES string of the molecule is CC(=O)c1cccc(NC(=O)CN2CCC=CC2CN)c1. The lowest BCUT2D eigenvalue weighted by molar-refractivity contribution is -0.117. The molecule has 1 atom stereocenters. The van der Waals surface area contributed by atoms with Gasteiger partial charge in [-0.3, -0.25) is 14.5 Å². The van der Waals surface area contributed by atoms with Gasteiger partial charge in [-0.1, -0.05) is 24.3 Å². The van der Waals surface area contributed by atoms with Gasteiger partial charge in [0.05, 0.1) is 6.54 Å². The molecule has 0 spiro atoms. The standard InChI is InChI=1S/C16H21N3O2/c1-12(20)13-5-4-6-14(9-13)18-16(21)11-19-8-3-2-7-15(19)10-17/h2,4-7,9,15H,3,8,10-11,17H2,1H3,(H,18,21). The van der Waals surface area contributed by atoms with E-state index in [1.165, 1.54) is 6.92 Å². The summed E-state index contributed by atoms with van der Waals surface area (Å²) in [5, 5.41) is 2.83. The van der Waals surface area contributed by atoms with E-state index >= 15 is 0 Å². The number of nitrogens with zero attached hydrogens (tertiary/aromatic N) is 1. The molecule has 1 unspecified atom stereocenters. The molecule has 5 nitrogen and oxygen atoms in total. The van der Waals surface area contributed by atoms with E-state index in [-0.39, 0.29) is 17.7 Å². The van der Waals surface area contributed by atoms with Gasteiger partial charge in [-0.05, 0) is 25.5 Å². The minimum Gasteiger partial charge on any atom is -0.329 e. The van der Waals surface area contributed by atoms with Gasteiger partial charge in [-0.2, -0.15) is 0 Å². The highest BCUT2D eigenvalue weighted by Crippen LogP contribution is 2.13. The van der Waals surface area contributed by atoms with Gasteiger partial charge in [-0.15, -0.1) is 0 Å². The van der Waals surface area contributed by atoms with Crippen LogP contribution in [0.2, 0.25) is 0 Å². The fourth-order valence-electron chi connectivity index (χ4n) is 2.41. The van der Waals surface area contributed by atoms with Gasteiger partial charge in [0.1, 0.15) is 0 Å². The van der Waals surface area contributed by atoms with E-state index in [9.17, 15) is 9.59 Å². The number of amides is 1. The summed E-state index contributed by atoms with van der Waals surface area (Å²) in [6, 6.07) is 7.08. The number of hydrogen-bond acceptors (Lipinski definition) is 4. The molecule has 1 aromatic rings. The van der Waals surface area contributed by atoms with Crippen molar-refractivity contribution in [3.63, 3.8) is 0 Å². The zero-order valence-electron chi connectivity index (χ0n) is 12.2. The molecule has 0 saturated carbocycles. The maximum Gasteiger partial charge on any atom is 0.238 e. The summed E-state index contributed by atoms with van der Waals surface area (Å²) in [5.41, 5.74) is 6.95. The lowest BCUT2D eigenvalue weighted by Crippen LogP contribution is -2.45. The summed E-state index contributed by atoms with van der Waals surface area (Å²) < 4.78 is 0. The quantitative estimate of drug-likeness (QED) is 0.634. The lowest BCUT2D eigenvalue weighted by Gasteiger charge is -2.30. The van der Waals surface area contributed by atoms with Crippen LogP contribution in [0.1, 0.15) is 23.7 Å². The van der Waals surface area contributed by atoms with Crippen LogP contribution in [0.3, 0.4) is 0 Å². The number of nitrogens with one attached hydrogen (secondary N) is 1. The molecule has 2 rings (SSSR count). The van der Waals surface area contributed by atoms with Crippen LogP contribution >= 0.6 is 0 Å². The monoisotopic (exact) mass is 287 g/mol. The second-order valence-electron chi connectivity index (χ2n) is 5.18. The molecule has 0 saturated heterocycles. The number of nitrogens with two attached hydrogens (primary N) is 1. The zero-order valence-corrected chi connectivity index (χ0v) is 12.2. The highest BCUT2D eigenvalue weighted by Gasteiger charge is 2.19. The molecule has 0 radical (unpaired) electrons. The lowest BCUT2D eigenvalue weighted by atomic mass is 10.1. The van der Waals surface area contributed by atoms with Gasteiger partial charge in [0, 0.05) is 30.4 Å². The fraction of sp³-hybridized carbons (Fsp3) is 0.375. The highest BCUT2D eigenvalue weighted by atomic mass is 16.2. The van der Waals surface area contributed by atoms with E-state index in [1.807, 2.05) is 6.08 Å². The molecule has 1 aromatic carbocycles. The topological polar surface area (TPSA) is 75.4 Å². The normalized spacial score (nSPS) is 18.5. The third-order valence-corrected chi connectivity index (χ3v) is 3.55. The molecule has 0 aromatic heterocycles. The van der Waals surface area contributed by atoms with Crippen LogP contribution in [0.15, 0.2) is 36.4 Å². The zero-order chi connectivity index (χ0) is 15.2. The van der Waals surface area contributed by atoms with Crippen LogP contribution < -0.4 is 11.1 Å². The molecule has 1 aliphatic rings. The van der Waals surface area contributed by atoms with Gasteiger partial charge in [0.2, 0.25) is 5.91 Å². The number of hydrogen-bond donors (Lipinski definition) is 2. The number of rotatable bonds is 5. The Hall–Kier alpha value is -1.98. The molecule has 112 valence electrons. The Morgan fingerprint density at radius 3 is 2.95 bits per heavy atom. The van der Waals surface area contributed by atoms with Crippen molar-refractivity contribution in [1.82, 2.24) is 4.90 Å². The Morgan fingerprint density at radius 1 is 1.43 bits per heavy atom. The number of carbonyl (C=O) groups is 2. The fourth-order valence-corrected chi connectivity index (χ4v) is 2.41. The van der Waals surface area contributed by atoms with Crippen molar-refractivity contribution >= 4 is 17.4 Å². The van der Waals surface area contributed by atoms with Crippen LogP contribution in [0.4, 0.5) is 5.69 Å². The van der Waals surface area contributed by atoms with Crippen molar-refractivity contribution in [1.29, 1.82) is 0 Å². The van der Waals surface area contributed by atoms with E-state index in [4.69, 9.17) is 5.73 Å². The first kappa shape index (κ1) is 15.4. The first-order chi connectivity index (χ1) is 10.1. The molecule has 0 fully saturated rings. The van der Waals surface area contributed by atoms with E-state index in [2.05, 4.69) is 16.3 Å². The molecule has 21 heavy (non-hydrogen) atoms. The maximum atomic E-state index is 12.1. The molecular weight excluding hydrogens is 266 g/mol. The van der Waals surface area contributed by atoms with Gasteiger partial charge >= 0.3 is 0 Å². The molecule has 1 aliphatic heterocycles. The van der Waals surface area contributed by atoms with Gasteiger partial charge in [0.25, 0.3) is 0 Å². The third-order valence-electron chi connectivity index (χ3n) is 3.55. The smallest absolute Gasteiger partial charge is 0.238 e. The van der Waals surface area contributed by atoms with Crippen LogP contribution in [0, 0.1) is 0 Å². The summed E-state index contributed by atoms with van der Waals surface area (Å²) in [4.78, 5) is 25.5. The minimum absolute atomic E-state index is 0.0181. The van der Waals surface area contributed by atoms with Crippen molar-refractivity contribution in [2.75, 3.05) is 25.0 Å². The second kappa shape index (κ2) is 7.15. The summed E-state index contributed by atoms with van der Waals surface area (Å²) >= 11 is 0. The largest absolute Gasteiger partial charge is 0.329 e. The minimum atomic E-state index is -0.0931. The summed E-state index contributed by atoms with van der Waals surface area (Å²) in [6.07, 6.45) is 5.08. The number of benzene rings is 1. The van der Waals surface area contributed by atoms with E-state index in [0.717, 1.165) is 13.0 Å². The number of ketones is 1. The van der Waals surface area contributed by atoms with E-state index in [0.29, 0.717) is 24.3 Å². The van der Waals surface area contributed by atoms with Crippen LogP contribution in [-0.4, -0.2) is 42.3 Å². The highest BCUT2D eigenvalue weighted by molar-refractivity contribution is 5.97. The molecule has 3 N–H and O–H groups in total. The molecule has 1 heterocycles. The summed E-state index contributed by atoms with van der Waals surface area (Å²) in [5.74, 6) is -0.111. The first-order valence-corrected chi connectivity index (χ1v) is 7.12. The number of Topliss-reactive ketones (excluding diaryl/α,β-unsaturated/α-hetero) is 1. The predicted molar refractivity (Wildman–Crippen MR) is 83.2 cm³/mol. The number of anilines is 1. The Labute approximate surface area is 124 Å². The van der Waals surface area contributed by atoms with E-state index < -0.39 is 0 Å². The summed E-state index contributed by atoms with van der Waals surface area (Å²) in [7, 11) is 0. The second-order valence-corrected chi connectivity index (χ2v) is 5.18. The van der Waals surface area contributed by atoms with Crippen molar-refractivity contribution in [2.45, 2.75) is 19.4 Å². The van der Waals surface area contributed by atoms with Crippen molar-refractivity contribution in [3.8, 4) is 0 Å². The van der Waals surface area contributed by atoms with Crippen LogP contribution in [0.25, 0.3) is 0 Å². The maximum absolute atomic E-state index is 12.1. The Bertz CT molecular complexity index is 554. The predicted octanol–water partition coefficient (Wildman–Crippen LogP) is 1.42. The first-order valence-electron chi connectivity index (χ1n) is 7.12. The van der Waals surface area contributed by atoms with Gasteiger partial charge < -0.3 is 11.1 Å². The number of carbonyl (C=O) groups excluding carboxylic acids is 2. The average Bonchev–Trinajstić information content (AvgIpc) is 2.48. The van der Waals surface area contributed by atoms with Gasteiger partial charge in [-0.25, -0.2) is 0 Å². The molecular formula is C16H21N3O2.